The van der Waals surface area contributed by atoms with E-state index in [0.29, 0.717) is 18.2 Å². The second-order valence-electron chi connectivity index (χ2n) is 4.67. The number of urea groups is 1. The van der Waals surface area contributed by atoms with Gasteiger partial charge >= 0.3 is 6.03 Å². The number of carbonyl (C=O) groups excluding carboxylic acids is 1. The number of rotatable bonds is 3. The number of carbonyl (C=O) groups is 1. The molecule has 3 N–H and O–H groups in total. The Morgan fingerprint density at radius 2 is 2.06 bits per heavy atom. The zero-order valence-corrected chi connectivity index (χ0v) is 10.0. The van der Waals surface area contributed by atoms with Crippen LogP contribution in [0.25, 0.3) is 0 Å². The van der Waals surface area contributed by atoms with Crippen molar-refractivity contribution < 1.29 is 14.3 Å². The lowest BCUT2D eigenvalue weighted by atomic mass is 10.1. The van der Waals surface area contributed by atoms with Crippen LogP contribution in [0.4, 0.5) is 14.9 Å². The summed E-state index contributed by atoms with van der Waals surface area (Å²) in [6.45, 7) is 0.560. The molecule has 98 valence electrons. The van der Waals surface area contributed by atoms with Crippen molar-refractivity contribution in [1.82, 2.24) is 5.32 Å². The third-order valence-electron chi connectivity index (χ3n) is 3.17. The van der Waals surface area contributed by atoms with Gasteiger partial charge in [-0.25, -0.2) is 9.18 Å². The van der Waals surface area contributed by atoms with E-state index < -0.39 is 0 Å². The fourth-order valence-corrected chi connectivity index (χ4v) is 2.18. The summed E-state index contributed by atoms with van der Waals surface area (Å²) in [6.07, 6.45) is 2.28. The summed E-state index contributed by atoms with van der Waals surface area (Å²) in [5.41, 5.74) is 0.556. The number of amides is 2. The fraction of sp³-hybridized carbons (Fsp3) is 0.462. The molecule has 4 nitrogen and oxygen atoms in total. The Balaban J connectivity index is 1.73. The average Bonchev–Trinajstić information content (AvgIpc) is 2.76. The first-order valence-electron chi connectivity index (χ1n) is 6.12. The first-order valence-corrected chi connectivity index (χ1v) is 6.12. The van der Waals surface area contributed by atoms with Crippen molar-refractivity contribution in [1.29, 1.82) is 0 Å². The van der Waals surface area contributed by atoms with Gasteiger partial charge in [-0.3, -0.25) is 0 Å². The van der Waals surface area contributed by atoms with Crippen molar-refractivity contribution in [2.45, 2.75) is 25.4 Å². The zero-order chi connectivity index (χ0) is 13.0. The SMILES string of the molecule is O=C(NCC1CCC(O)C1)Nc1ccc(F)cc1. The summed E-state index contributed by atoms with van der Waals surface area (Å²) in [5, 5.41) is 14.7. The van der Waals surface area contributed by atoms with Crippen LogP contribution in [0.15, 0.2) is 24.3 Å². The molecule has 1 saturated carbocycles. The van der Waals surface area contributed by atoms with E-state index in [1.807, 2.05) is 0 Å². The second-order valence-corrected chi connectivity index (χ2v) is 4.67. The quantitative estimate of drug-likeness (QED) is 0.771. The highest BCUT2D eigenvalue weighted by Gasteiger charge is 2.22. The Morgan fingerprint density at radius 1 is 1.33 bits per heavy atom. The third-order valence-corrected chi connectivity index (χ3v) is 3.17. The van der Waals surface area contributed by atoms with Crippen LogP contribution >= 0.6 is 0 Å². The van der Waals surface area contributed by atoms with Gasteiger partial charge in [-0.15, -0.1) is 0 Å². The highest BCUT2D eigenvalue weighted by atomic mass is 19.1. The van der Waals surface area contributed by atoms with Gasteiger partial charge in [0.15, 0.2) is 0 Å². The molecule has 1 aromatic rings. The van der Waals surface area contributed by atoms with E-state index in [1.54, 1.807) is 0 Å². The van der Waals surface area contributed by atoms with E-state index in [0.717, 1.165) is 19.3 Å². The Kier molecular flexibility index (Phi) is 4.15. The molecule has 5 heteroatoms. The van der Waals surface area contributed by atoms with Gasteiger partial charge in [0, 0.05) is 12.2 Å². The van der Waals surface area contributed by atoms with Gasteiger partial charge < -0.3 is 15.7 Å². The minimum absolute atomic E-state index is 0.225. The third kappa shape index (κ3) is 3.70. The number of benzene rings is 1. The standard InChI is InChI=1S/C13H17FN2O2/c14-10-2-4-11(5-3-10)16-13(18)15-8-9-1-6-12(17)7-9/h2-5,9,12,17H,1,6-8H2,(H2,15,16,18). The lowest BCUT2D eigenvalue weighted by molar-refractivity contribution is 0.177. The van der Waals surface area contributed by atoms with Crippen molar-refractivity contribution in [2.75, 3.05) is 11.9 Å². The van der Waals surface area contributed by atoms with Gasteiger partial charge in [-0.1, -0.05) is 0 Å². The van der Waals surface area contributed by atoms with Gasteiger partial charge in [0.2, 0.25) is 0 Å². The number of hydrogen-bond acceptors (Lipinski definition) is 2. The maximum Gasteiger partial charge on any atom is 0.319 e. The Bertz CT molecular complexity index is 408. The highest BCUT2D eigenvalue weighted by molar-refractivity contribution is 5.89. The Labute approximate surface area is 105 Å². The van der Waals surface area contributed by atoms with Gasteiger partial charge in [0.25, 0.3) is 0 Å². The monoisotopic (exact) mass is 252 g/mol. The molecule has 1 fully saturated rings. The van der Waals surface area contributed by atoms with E-state index in [2.05, 4.69) is 10.6 Å². The molecule has 0 bridgehead atoms. The van der Waals surface area contributed by atoms with Crippen molar-refractivity contribution in [3.63, 3.8) is 0 Å². The van der Waals surface area contributed by atoms with E-state index in [1.165, 1.54) is 24.3 Å². The second kappa shape index (κ2) is 5.82. The molecular formula is C13H17FN2O2. The molecule has 0 saturated heterocycles. The summed E-state index contributed by atoms with van der Waals surface area (Å²) in [4.78, 5) is 11.6. The average molecular weight is 252 g/mol. The molecule has 2 unspecified atom stereocenters. The summed E-state index contributed by atoms with van der Waals surface area (Å²) in [5.74, 6) is 0.0138. The van der Waals surface area contributed by atoms with Crippen LogP contribution in [0.5, 0.6) is 0 Å². The van der Waals surface area contributed by atoms with Crippen LogP contribution in [0.1, 0.15) is 19.3 Å². The molecule has 0 aromatic heterocycles. The number of halogens is 1. The number of anilines is 1. The molecule has 2 amide bonds. The van der Waals surface area contributed by atoms with Crippen LogP contribution in [-0.2, 0) is 0 Å². The lowest BCUT2D eigenvalue weighted by Crippen LogP contribution is -2.32. The van der Waals surface area contributed by atoms with Gasteiger partial charge in [-0.05, 0) is 49.4 Å². The van der Waals surface area contributed by atoms with Crippen LogP contribution in [0, 0.1) is 11.7 Å². The molecule has 2 atom stereocenters. The maximum absolute atomic E-state index is 12.7. The van der Waals surface area contributed by atoms with Crippen LogP contribution in [0.3, 0.4) is 0 Å². The van der Waals surface area contributed by atoms with Crippen LogP contribution in [0.2, 0.25) is 0 Å². The molecule has 0 radical (unpaired) electrons. The number of aliphatic hydroxyl groups is 1. The molecule has 1 aromatic carbocycles. The summed E-state index contributed by atoms with van der Waals surface area (Å²) >= 11 is 0. The Morgan fingerprint density at radius 3 is 2.67 bits per heavy atom. The molecule has 0 heterocycles. The van der Waals surface area contributed by atoms with Crippen LogP contribution < -0.4 is 10.6 Å². The minimum Gasteiger partial charge on any atom is -0.393 e. The topological polar surface area (TPSA) is 61.4 Å². The normalized spacial score (nSPS) is 22.8. The molecule has 18 heavy (non-hydrogen) atoms. The molecule has 1 aliphatic carbocycles. The van der Waals surface area contributed by atoms with E-state index in [4.69, 9.17) is 0 Å². The fourth-order valence-electron chi connectivity index (χ4n) is 2.18. The van der Waals surface area contributed by atoms with Crippen molar-refractivity contribution >= 4 is 11.7 Å². The molecule has 0 aliphatic heterocycles. The number of aliphatic hydroxyl groups excluding tert-OH is 1. The highest BCUT2D eigenvalue weighted by Crippen LogP contribution is 2.24. The number of hydrogen-bond donors (Lipinski definition) is 3. The van der Waals surface area contributed by atoms with Gasteiger partial charge in [-0.2, -0.15) is 0 Å². The van der Waals surface area contributed by atoms with E-state index >= 15 is 0 Å². The largest absolute Gasteiger partial charge is 0.393 e. The number of nitrogens with one attached hydrogen (secondary N) is 2. The first-order chi connectivity index (χ1) is 8.63. The molecule has 2 rings (SSSR count). The van der Waals surface area contributed by atoms with Crippen molar-refractivity contribution in [2.24, 2.45) is 5.92 Å². The predicted octanol–water partition coefficient (Wildman–Crippen LogP) is 2.11. The van der Waals surface area contributed by atoms with Gasteiger partial charge in [0.05, 0.1) is 6.10 Å². The summed E-state index contributed by atoms with van der Waals surface area (Å²) in [6, 6.07) is 5.30. The van der Waals surface area contributed by atoms with Crippen molar-refractivity contribution in [3.8, 4) is 0 Å². The first kappa shape index (κ1) is 12.8. The zero-order valence-electron chi connectivity index (χ0n) is 10.0. The Hall–Kier alpha value is -1.62. The minimum atomic E-state index is -0.332. The van der Waals surface area contributed by atoms with Gasteiger partial charge in [0.1, 0.15) is 5.82 Å². The van der Waals surface area contributed by atoms with Crippen molar-refractivity contribution in [3.05, 3.63) is 30.1 Å². The van der Waals surface area contributed by atoms with E-state index in [-0.39, 0.29) is 18.0 Å². The summed E-state index contributed by atoms with van der Waals surface area (Å²) in [7, 11) is 0. The molecule has 0 spiro atoms. The molecular weight excluding hydrogens is 235 g/mol. The van der Waals surface area contributed by atoms with Crippen LogP contribution in [-0.4, -0.2) is 23.8 Å². The smallest absolute Gasteiger partial charge is 0.319 e. The maximum atomic E-state index is 12.7. The lowest BCUT2D eigenvalue weighted by Gasteiger charge is -2.11. The molecule has 1 aliphatic rings. The predicted molar refractivity (Wildman–Crippen MR) is 66.8 cm³/mol. The summed E-state index contributed by atoms with van der Waals surface area (Å²) < 4.78 is 12.7. The van der Waals surface area contributed by atoms with E-state index in [9.17, 15) is 14.3 Å².